The van der Waals surface area contributed by atoms with Gasteiger partial charge < -0.3 is 0 Å². The Morgan fingerprint density at radius 1 is 0.682 bits per heavy atom. The Labute approximate surface area is 129 Å². The van der Waals surface area contributed by atoms with Gasteiger partial charge in [0.15, 0.2) is 0 Å². The van der Waals surface area contributed by atoms with Crippen LogP contribution in [-0.2, 0) is 4.79 Å². The average molecular weight is 289 g/mol. The number of rotatable bonds is 3. The summed E-state index contributed by atoms with van der Waals surface area (Å²) >= 11 is 0. The molecule has 0 fully saturated rings. The molecule has 0 radical (unpaired) electrons. The van der Waals surface area contributed by atoms with Gasteiger partial charge in [0.25, 0.3) is 0 Å². The molecule has 0 N–H and O–H groups in total. The molecule has 1 aliphatic carbocycles. The molecule has 0 saturated heterocycles. The summed E-state index contributed by atoms with van der Waals surface area (Å²) < 4.78 is 0. The molecular formula is C19H15NO2. The Kier molecular flexibility index (Phi) is 5.76. The van der Waals surface area contributed by atoms with Crippen LogP contribution < -0.4 is 0 Å². The second-order valence-electron chi connectivity index (χ2n) is 4.41. The second kappa shape index (κ2) is 8.27. The summed E-state index contributed by atoms with van der Waals surface area (Å²) in [6.07, 6.45) is 22.6. The van der Waals surface area contributed by atoms with E-state index in [4.69, 9.17) is 0 Å². The van der Waals surface area contributed by atoms with Crippen molar-refractivity contribution in [3.8, 4) is 0 Å². The standard InChI is InChI=1S/C19H15NO2/c21-18(19(22)17-12-14-20-15-13-17)16-10-8-6-4-2-1-3-5-7-9-11-16/h1-15H/b2-1-,3-1?,4-2?,5-3-,6-4-,7-5?,8-6?,9-7-,10-8-,11-9?,16-10?,16-11+. The summed E-state index contributed by atoms with van der Waals surface area (Å²) in [4.78, 5) is 28.4. The number of Topliss-reactive ketones (excluding diaryl/α,β-unsaturated/α-hetero) is 2. The van der Waals surface area contributed by atoms with Gasteiger partial charge in [0.1, 0.15) is 0 Å². The maximum absolute atomic E-state index is 12.3. The summed E-state index contributed by atoms with van der Waals surface area (Å²) in [5.41, 5.74) is 0.670. The molecular weight excluding hydrogens is 274 g/mol. The van der Waals surface area contributed by atoms with Crippen LogP contribution in [0.1, 0.15) is 10.4 Å². The van der Waals surface area contributed by atoms with Crippen LogP contribution in [0.25, 0.3) is 0 Å². The summed E-state index contributed by atoms with van der Waals surface area (Å²) in [7, 11) is 0. The van der Waals surface area contributed by atoms with Crippen LogP contribution in [0.15, 0.2) is 96.9 Å². The van der Waals surface area contributed by atoms with Crippen molar-refractivity contribution in [3.05, 3.63) is 102 Å². The summed E-state index contributed by atoms with van der Waals surface area (Å²) in [6.45, 7) is 0. The van der Waals surface area contributed by atoms with Crippen molar-refractivity contribution in [3.63, 3.8) is 0 Å². The highest BCUT2D eigenvalue weighted by atomic mass is 16.2. The lowest BCUT2D eigenvalue weighted by molar-refractivity contribution is -0.111. The maximum Gasteiger partial charge on any atom is 0.233 e. The van der Waals surface area contributed by atoms with Crippen LogP contribution in [0.4, 0.5) is 0 Å². The number of carbonyl (C=O) groups is 2. The minimum atomic E-state index is -0.544. The van der Waals surface area contributed by atoms with Gasteiger partial charge in [-0.25, -0.2) is 0 Å². The van der Waals surface area contributed by atoms with Gasteiger partial charge in [0, 0.05) is 23.5 Å². The van der Waals surface area contributed by atoms with Gasteiger partial charge in [-0.1, -0.05) is 66.8 Å². The lowest BCUT2D eigenvalue weighted by Gasteiger charge is -2.00. The third-order valence-corrected chi connectivity index (χ3v) is 2.85. The molecule has 2 rings (SSSR count). The lowest BCUT2D eigenvalue weighted by Crippen LogP contribution is -2.15. The van der Waals surface area contributed by atoms with Crippen molar-refractivity contribution in [2.75, 3.05) is 0 Å². The second-order valence-corrected chi connectivity index (χ2v) is 4.41. The number of allylic oxidation sites excluding steroid dienone is 12. The van der Waals surface area contributed by atoms with E-state index in [1.54, 1.807) is 36.5 Å². The first-order chi connectivity index (χ1) is 10.8. The Hall–Kier alpha value is -3.07. The highest BCUT2D eigenvalue weighted by Crippen LogP contribution is 2.08. The first kappa shape index (κ1) is 15.3. The lowest BCUT2D eigenvalue weighted by atomic mass is 10.0. The van der Waals surface area contributed by atoms with E-state index >= 15 is 0 Å². The van der Waals surface area contributed by atoms with E-state index in [1.165, 1.54) is 24.5 Å². The van der Waals surface area contributed by atoms with Crippen LogP contribution in [-0.4, -0.2) is 16.6 Å². The predicted molar refractivity (Wildman–Crippen MR) is 87.4 cm³/mol. The molecule has 1 heterocycles. The summed E-state index contributed by atoms with van der Waals surface area (Å²) in [5.74, 6) is -1.09. The van der Waals surface area contributed by atoms with Gasteiger partial charge in [0.2, 0.25) is 11.6 Å². The first-order valence-corrected chi connectivity index (χ1v) is 6.83. The van der Waals surface area contributed by atoms with Crippen LogP contribution in [0.3, 0.4) is 0 Å². The van der Waals surface area contributed by atoms with Gasteiger partial charge in [-0.2, -0.15) is 0 Å². The highest BCUT2D eigenvalue weighted by molar-refractivity contribution is 6.49. The fourth-order valence-corrected chi connectivity index (χ4v) is 1.74. The van der Waals surface area contributed by atoms with E-state index < -0.39 is 11.6 Å². The first-order valence-electron chi connectivity index (χ1n) is 6.83. The molecule has 0 amide bonds. The van der Waals surface area contributed by atoms with Crippen LogP contribution in [0.2, 0.25) is 0 Å². The van der Waals surface area contributed by atoms with Gasteiger partial charge in [-0.15, -0.1) is 0 Å². The molecule has 0 bridgehead atoms. The molecule has 3 nitrogen and oxygen atoms in total. The molecule has 1 aromatic rings. The number of carbonyl (C=O) groups excluding carboxylic acids is 2. The molecule has 22 heavy (non-hydrogen) atoms. The highest BCUT2D eigenvalue weighted by Gasteiger charge is 2.18. The topological polar surface area (TPSA) is 47.0 Å². The zero-order valence-electron chi connectivity index (χ0n) is 11.9. The van der Waals surface area contributed by atoms with Gasteiger partial charge in [0.05, 0.1) is 0 Å². The minimum absolute atomic E-state index is 0.334. The van der Waals surface area contributed by atoms with E-state index in [9.17, 15) is 9.59 Å². The molecule has 3 heteroatoms. The molecule has 1 aromatic heterocycles. The zero-order chi connectivity index (χ0) is 15.6. The molecule has 0 aromatic carbocycles. The Morgan fingerprint density at radius 2 is 1.23 bits per heavy atom. The third-order valence-electron chi connectivity index (χ3n) is 2.85. The van der Waals surface area contributed by atoms with Crippen molar-refractivity contribution >= 4 is 11.6 Å². The fourth-order valence-electron chi connectivity index (χ4n) is 1.74. The normalized spacial score (nSPS) is 23.7. The predicted octanol–water partition coefficient (Wildman–Crippen LogP) is 3.55. The molecule has 0 spiro atoms. The largest absolute Gasteiger partial charge is 0.285 e. The number of hydrogen-bond acceptors (Lipinski definition) is 3. The number of pyridine rings is 1. The van der Waals surface area contributed by atoms with Crippen molar-refractivity contribution in [1.29, 1.82) is 0 Å². The van der Waals surface area contributed by atoms with E-state index in [1.807, 2.05) is 30.4 Å². The molecule has 108 valence electrons. The number of aromatic nitrogens is 1. The smallest absolute Gasteiger partial charge is 0.233 e. The zero-order valence-corrected chi connectivity index (χ0v) is 11.9. The van der Waals surface area contributed by atoms with Crippen LogP contribution >= 0.6 is 0 Å². The minimum Gasteiger partial charge on any atom is -0.285 e. The van der Waals surface area contributed by atoms with Crippen molar-refractivity contribution in [2.24, 2.45) is 0 Å². The maximum atomic E-state index is 12.3. The molecule has 0 unspecified atom stereocenters. The van der Waals surface area contributed by atoms with Crippen molar-refractivity contribution < 1.29 is 9.59 Å². The van der Waals surface area contributed by atoms with E-state index in [2.05, 4.69) is 4.98 Å². The number of ketones is 2. The SMILES string of the molecule is O=C(C(=O)c1ccncc1)C1=C/C=C\C=C/C=C\C=C/C=C\1. The van der Waals surface area contributed by atoms with Gasteiger partial charge in [-0.3, -0.25) is 14.6 Å². The van der Waals surface area contributed by atoms with Crippen LogP contribution in [0, 0.1) is 0 Å². The summed E-state index contributed by atoms with van der Waals surface area (Å²) in [6, 6.07) is 3.06. The quantitative estimate of drug-likeness (QED) is 0.631. The third kappa shape index (κ3) is 4.49. The molecule has 0 aliphatic heterocycles. The monoisotopic (exact) mass is 289 g/mol. The van der Waals surface area contributed by atoms with E-state index in [0.717, 1.165) is 0 Å². The van der Waals surface area contributed by atoms with Crippen molar-refractivity contribution in [1.82, 2.24) is 4.98 Å². The average Bonchev–Trinajstić information content (AvgIpc) is 2.55. The van der Waals surface area contributed by atoms with Crippen LogP contribution in [0.5, 0.6) is 0 Å². The van der Waals surface area contributed by atoms with E-state index in [-0.39, 0.29) is 0 Å². The number of hydrogen-bond donors (Lipinski definition) is 0. The fraction of sp³-hybridized carbons (Fsp3) is 0. The summed E-state index contributed by atoms with van der Waals surface area (Å²) in [5, 5.41) is 0. The van der Waals surface area contributed by atoms with Gasteiger partial charge in [-0.05, 0) is 12.1 Å². The van der Waals surface area contributed by atoms with E-state index in [0.29, 0.717) is 11.1 Å². The Bertz CT molecular complexity index is 717. The van der Waals surface area contributed by atoms with Crippen molar-refractivity contribution in [2.45, 2.75) is 0 Å². The Balaban J connectivity index is 2.27. The molecule has 1 aliphatic rings. The molecule has 0 atom stereocenters. The van der Waals surface area contributed by atoms with Gasteiger partial charge >= 0.3 is 0 Å². The molecule has 0 saturated carbocycles. The Morgan fingerprint density at radius 3 is 1.86 bits per heavy atom. The number of nitrogens with zero attached hydrogens (tertiary/aromatic N) is 1.